The van der Waals surface area contributed by atoms with Crippen molar-refractivity contribution in [2.24, 2.45) is 0 Å². The van der Waals surface area contributed by atoms with Crippen LogP contribution in [0, 0.1) is 6.57 Å². The zero-order valence-electron chi connectivity index (χ0n) is 12.6. The second-order valence-electron chi connectivity index (χ2n) is 5.34. The van der Waals surface area contributed by atoms with Gasteiger partial charge in [0.1, 0.15) is 0 Å². The van der Waals surface area contributed by atoms with Gasteiger partial charge in [-0.3, -0.25) is 0 Å². The van der Waals surface area contributed by atoms with Crippen LogP contribution >= 0.6 is 0 Å². The number of benzene rings is 2. The first-order valence-corrected chi connectivity index (χ1v) is 8.83. The molecule has 6 heteroatoms. The summed E-state index contributed by atoms with van der Waals surface area (Å²) in [4.78, 5) is 5.68. The Morgan fingerprint density at radius 3 is 2.26 bits per heavy atom. The monoisotopic (exact) mass is 327 g/mol. The van der Waals surface area contributed by atoms with Gasteiger partial charge < -0.3 is 4.90 Å². The summed E-state index contributed by atoms with van der Waals surface area (Å²) in [5.41, 5.74) is 1.45. The first-order valence-electron chi connectivity index (χ1n) is 7.39. The minimum Gasteiger partial charge on any atom is -0.369 e. The Balaban J connectivity index is 1.75. The predicted molar refractivity (Wildman–Crippen MR) is 90.1 cm³/mol. The standard InChI is InChI=1S/C17H17N3O2S/c1-18-15-6-5-9-17(14-15)23(21,22)20-12-10-19(11-13-20)16-7-3-2-4-8-16/h2-9,14H,10-13H2. The van der Waals surface area contributed by atoms with Crippen LogP contribution in [-0.4, -0.2) is 38.9 Å². The summed E-state index contributed by atoms with van der Waals surface area (Å²) in [5.74, 6) is 0. The summed E-state index contributed by atoms with van der Waals surface area (Å²) in [5, 5.41) is 0. The smallest absolute Gasteiger partial charge is 0.241 e. The molecule has 1 fully saturated rings. The minimum absolute atomic E-state index is 0.194. The molecule has 23 heavy (non-hydrogen) atoms. The van der Waals surface area contributed by atoms with Gasteiger partial charge in [0.2, 0.25) is 10.0 Å². The quantitative estimate of drug-likeness (QED) is 0.814. The Morgan fingerprint density at radius 1 is 0.913 bits per heavy atom. The van der Waals surface area contributed by atoms with Gasteiger partial charge in [-0.05, 0) is 24.3 Å². The largest absolute Gasteiger partial charge is 0.369 e. The zero-order chi connectivity index (χ0) is 16.3. The topological polar surface area (TPSA) is 45.0 Å². The van der Waals surface area contributed by atoms with Crippen LogP contribution in [0.15, 0.2) is 59.5 Å². The average molecular weight is 327 g/mol. The highest BCUT2D eigenvalue weighted by atomic mass is 32.2. The lowest BCUT2D eigenvalue weighted by Gasteiger charge is -2.35. The summed E-state index contributed by atoms with van der Waals surface area (Å²) in [7, 11) is -3.54. The molecule has 5 nitrogen and oxygen atoms in total. The van der Waals surface area contributed by atoms with Gasteiger partial charge in [-0.2, -0.15) is 4.31 Å². The number of nitrogens with zero attached hydrogens (tertiary/aromatic N) is 3. The fraction of sp³-hybridized carbons (Fsp3) is 0.235. The van der Waals surface area contributed by atoms with Crippen molar-refractivity contribution in [3.05, 3.63) is 66.0 Å². The molecule has 0 radical (unpaired) electrons. The first kappa shape index (κ1) is 15.5. The van der Waals surface area contributed by atoms with Gasteiger partial charge in [-0.25, -0.2) is 13.3 Å². The van der Waals surface area contributed by atoms with E-state index in [1.54, 1.807) is 18.2 Å². The van der Waals surface area contributed by atoms with Gasteiger partial charge in [0.15, 0.2) is 5.69 Å². The molecule has 3 rings (SSSR count). The van der Waals surface area contributed by atoms with Crippen molar-refractivity contribution in [2.75, 3.05) is 31.1 Å². The van der Waals surface area contributed by atoms with Crippen LogP contribution in [0.4, 0.5) is 11.4 Å². The molecule has 0 aromatic heterocycles. The highest BCUT2D eigenvalue weighted by Gasteiger charge is 2.28. The van der Waals surface area contributed by atoms with Gasteiger partial charge in [0.25, 0.3) is 0 Å². The Morgan fingerprint density at radius 2 is 1.61 bits per heavy atom. The molecule has 0 atom stereocenters. The fourth-order valence-electron chi connectivity index (χ4n) is 2.69. The summed E-state index contributed by atoms with van der Waals surface area (Å²) >= 11 is 0. The Kier molecular flexibility index (Phi) is 4.33. The molecule has 0 bridgehead atoms. The van der Waals surface area contributed by atoms with Crippen molar-refractivity contribution in [1.82, 2.24) is 4.31 Å². The maximum atomic E-state index is 12.7. The van der Waals surface area contributed by atoms with E-state index in [2.05, 4.69) is 9.74 Å². The summed E-state index contributed by atoms with van der Waals surface area (Å²) < 4.78 is 26.9. The van der Waals surface area contributed by atoms with Crippen LogP contribution in [0.5, 0.6) is 0 Å². The Bertz CT molecular complexity index is 820. The molecule has 2 aromatic carbocycles. The van der Waals surface area contributed by atoms with Crippen molar-refractivity contribution in [3.8, 4) is 0 Å². The van der Waals surface area contributed by atoms with E-state index in [9.17, 15) is 8.42 Å². The van der Waals surface area contributed by atoms with Gasteiger partial charge in [-0.1, -0.05) is 30.3 Å². The van der Waals surface area contributed by atoms with Crippen LogP contribution in [0.3, 0.4) is 0 Å². The van der Waals surface area contributed by atoms with E-state index in [0.29, 0.717) is 31.9 Å². The number of anilines is 1. The second kappa shape index (κ2) is 6.41. The van der Waals surface area contributed by atoms with Crippen LogP contribution < -0.4 is 4.90 Å². The Hall–Kier alpha value is -2.36. The first-order chi connectivity index (χ1) is 11.1. The van der Waals surface area contributed by atoms with Crippen molar-refractivity contribution >= 4 is 21.4 Å². The van der Waals surface area contributed by atoms with Crippen molar-refractivity contribution in [1.29, 1.82) is 0 Å². The van der Waals surface area contributed by atoms with Gasteiger partial charge in [0, 0.05) is 31.9 Å². The van der Waals surface area contributed by atoms with Crippen molar-refractivity contribution < 1.29 is 8.42 Å². The fourth-order valence-corrected chi connectivity index (χ4v) is 4.15. The van der Waals surface area contributed by atoms with Crippen molar-refractivity contribution in [2.45, 2.75) is 4.90 Å². The molecule has 0 unspecified atom stereocenters. The summed E-state index contributed by atoms with van der Waals surface area (Å²) in [6, 6.07) is 16.2. The lowest BCUT2D eigenvalue weighted by Crippen LogP contribution is -2.48. The molecule has 2 aromatic rings. The van der Waals surface area contributed by atoms with Gasteiger partial charge in [0.05, 0.1) is 11.5 Å². The molecule has 0 aliphatic carbocycles. The molecule has 0 N–H and O–H groups in total. The lowest BCUT2D eigenvalue weighted by atomic mass is 10.2. The van der Waals surface area contributed by atoms with Gasteiger partial charge >= 0.3 is 0 Å². The van der Waals surface area contributed by atoms with Gasteiger partial charge in [-0.15, -0.1) is 0 Å². The molecule has 1 heterocycles. The maximum absolute atomic E-state index is 12.7. The summed E-state index contributed by atoms with van der Waals surface area (Å²) in [6.07, 6.45) is 0. The SMILES string of the molecule is [C-]#[N+]c1cccc(S(=O)(=O)N2CCN(c3ccccc3)CC2)c1. The van der Waals surface area contributed by atoms with E-state index in [-0.39, 0.29) is 4.90 Å². The minimum atomic E-state index is -3.54. The van der Waals surface area contributed by atoms with E-state index in [1.807, 2.05) is 30.3 Å². The second-order valence-corrected chi connectivity index (χ2v) is 7.27. The van der Waals surface area contributed by atoms with Crippen LogP contribution in [0.1, 0.15) is 0 Å². The Labute approximate surface area is 136 Å². The lowest BCUT2D eigenvalue weighted by molar-refractivity contribution is 0.385. The molecule has 1 aliphatic heterocycles. The van der Waals surface area contributed by atoms with Crippen molar-refractivity contribution in [3.63, 3.8) is 0 Å². The summed E-state index contributed by atoms with van der Waals surface area (Å²) in [6.45, 7) is 9.23. The highest BCUT2D eigenvalue weighted by Crippen LogP contribution is 2.23. The van der Waals surface area contributed by atoms with Crippen LogP contribution in [0.2, 0.25) is 0 Å². The third-order valence-corrected chi connectivity index (χ3v) is 5.84. The normalized spacial score (nSPS) is 16.0. The molecule has 0 spiro atoms. The molecular formula is C17H17N3O2S. The molecular weight excluding hydrogens is 310 g/mol. The number of sulfonamides is 1. The van der Waals surface area contributed by atoms with E-state index in [4.69, 9.17) is 6.57 Å². The van der Waals surface area contributed by atoms with E-state index in [1.165, 1.54) is 10.4 Å². The van der Waals surface area contributed by atoms with E-state index < -0.39 is 10.0 Å². The highest BCUT2D eigenvalue weighted by molar-refractivity contribution is 7.89. The third kappa shape index (κ3) is 3.21. The number of hydrogen-bond acceptors (Lipinski definition) is 3. The van der Waals surface area contributed by atoms with Crippen LogP contribution in [-0.2, 0) is 10.0 Å². The third-order valence-electron chi connectivity index (χ3n) is 3.94. The molecule has 0 amide bonds. The maximum Gasteiger partial charge on any atom is 0.241 e. The van der Waals surface area contributed by atoms with Crippen LogP contribution in [0.25, 0.3) is 4.85 Å². The zero-order valence-corrected chi connectivity index (χ0v) is 13.4. The van der Waals surface area contributed by atoms with E-state index in [0.717, 1.165) is 5.69 Å². The number of rotatable bonds is 3. The average Bonchev–Trinajstić information content (AvgIpc) is 2.62. The molecule has 118 valence electrons. The molecule has 1 aliphatic rings. The predicted octanol–water partition coefficient (Wildman–Crippen LogP) is 2.75. The number of piperazine rings is 1. The van der Waals surface area contributed by atoms with E-state index >= 15 is 0 Å². The number of hydrogen-bond donors (Lipinski definition) is 0. The molecule has 1 saturated heterocycles. The number of para-hydroxylation sites is 1. The molecule has 0 saturated carbocycles.